The summed E-state index contributed by atoms with van der Waals surface area (Å²) in [5.41, 5.74) is 8.78. The van der Waals surface area contributed by atoms with Crippen molar-refractivity contribution in [2.75, 3.05) is 0 Å². The van der Waals surface area contributed by atoms with Gasteiger partial charge in [-0.1, -0.05) is 72.8 Å². The quantitative estimate of drug-likeness (QED) is 0.388. The lowest BCUT2D eigenvalue weighted by Gasteiger charge is -2.17. The van der Waals surface area contributed by atoms with Crippen molar-refractivity contribution in [3.8, 4) is 5.75 Å². The van der Waals surface area contributed by atoms with Crippen LogP contribution in [0.3, 0.4) is 0 Å². The number of nitrogens with one attached hydrogen (secondary N) is 1. The Morgan fingerprint density at radius 1 is 0.903 bits per heavy atom. The van der Waals surface area contributed by atoms with Crippen molar-refractivity contribution in [1.82, 2.24) is 5.32 Å². The number of benzene rings is 3. The molecular weight excluding hydrogens is 388 g/mol. The molecular formula is C26H26N2O3. The highest BCUT2D eigenvalue weighted by molar-refractivity contribution is 6.04. The predicted octanol–water partition coefficient (Wildman–Crippen LogP) is 4.04. The van der Waals surface area contributed by atoms with Crippen molar-refractivity contribution in [2.24, 2.45) is 5.73 Å². The second-order valence-corrected chi connectivity index (χ2v) is 7.28. The topological polar surface area (TPSA) is 81.4 Å². The number of carbonyl (C=O) groups is 2. The maximum absolute atomic E-state index is 12.3. The van der Waals surface area contributed by atoms with Gasteiger partial charge in [-0.3, -0.25) is 9.59 Å². The molecule has 0 saturated heterocycles. The first kappa shape index (κ1) is 21.8. The third-order valence-corrected chi connectivity index (χ3v) is 4.76. The molecule has 0 aromatic heterocycles. The first-order valence-corrected chi connectivity index (χ1v) is 10.1. The Bertz CT molecular complexity index is 1030. The minimum atomic E-state index is -0.629. The minimum Gasteiger partial charge on any atom is -0.489 e. The van der Waals surface area contributed by atoms with E-state index in [0.29, 0.717) is 24.3 Å². The molecule has 0 aliphatic carbocycles. The molecule has 0 aliphatic heterocycles. The Kier molecular flexibility index (Phi) is 7.60. The van der Waals surface area contributed by atoms with Crippen LogP contribution in [0.5, 0.6) is 5.75 Å². The summed E-state index contributed by atoms with van der Waals surface area (Å²) < 4.78 is 5.80. The van der Waals surface area contributed by atoms with Gasteiger partial charge in [0.2, 0.25) is 5.91 Å². The van der Waals surface area contributed by atoms with E-state index in [0.717, 1.165) is 16.9 Å². The smallest absolute Gasteiger partial charge is 0.240 e. The van der Waals surface area contributed by atoms with Gasteiger partial charge < -0.3 is 15.8 Å². The van der Waals surface area contributed by atoms with E-state index in [1.54, 1.807) is 19.1 Å². The van der Waals surface area contributed by atoms with Crippen LogP contribution in [-0.2, 0) is 17.8 Å². The van der Waals surface area contributed by atoms with Crippen LogP contribution in [-0.4, -0.2) is 17.7 Å². The number of nitrogens with two attached hydrogens (primary N) is 1. The van der Waals surface area contributed by atoms with Crippen molar-refractivity contribution in [1.29, 1.82) is 0 Å². The zero-order chi connectivity index (χ0) is 22.1. The van der Waals surface area contributed by atoms with E-state index in [4.69, 9.17) is 10.5 Å². The molecule has 5 nitrogen and oxygen atoms in total. The summed E-state index contributed by atoms with van der Waals surface area (Å²) in [6.07, 6.45) is 1.88. The highest BCUT2D eigenvalue weighted by Gasteiger charge is 2.16. The fraction of sp³-hybridized carbons (Fsp3) is 0.154. The Morgan fingerprint density at radius 2 is 1.52 bits per heavy atom. The number of primary amides is 1. The first-order valence-electron chi connectivity index (χ1n) is 10.1. The predicted molar refractivity (Wildman–Crippen MR) is 122 cm³/mol. The molecule has 3 N–H and O–H groups in total. The van der Waals surface area contributed by atoms with Gasteiger partial charge in [-0.05, 0) is 30.2 Å². The van der Waals surface area contributed by atoms with E-state index in [-0.39, 0.29) is 5.78 Å². The van der Waals surface area contributed by atoms with Crippen molar-refractivity contribution in [2.45, 2.75) is 26.0 Å². The number of rotatable bonds is 10. The van der Waals surface area contributed by atoms with Gasteiger partial charge in [0.1, 0.15) is 18.4 Å². The van der Waals surface area contributed by atoms with E-state index in [2.05, 4.69) is 5.32 Å². The van der Waals surface area contributed by atoms with Crippen LogP contribution in [0.25, 0.3) is 0 Å². The highest BCUT2D eigenvalue weighted by Crippen LogP contribution is 2.16. The van der Waals surface area contributed by atoms with Gasteiger partial charge in [-0.2, -0.15) is 0 Å². The molecule has 0 saturated carbocycles. The van der Waals surface area contributed by atoms with E-state index in [9.17, 15) is 9.59 Å². The van der Waals surface area contributed by atoms with Gasteiger partial charge in [0.25, 0.3) is 0 Å². The monoisotopic (exact) mass is 414 g/mol. The standard InChI is InChI=1S/C26H26N2O3/c1-19(16-25(29)22-10-6-3-7-11-22)28-24(26(27)30)17-20-12-14-23(15-13-20)31-18-21-8-4-2-5-9-21/h2-16,24,28H,17-18H2,1H3,(H2,27,30)/b19-16+/t24-/m0/s1. The van der Waals surface area contributed by atoms with Crippen molar-refractivity contribution in [3.05, 3.63) is 113 Å². The minimum absolute atomic E-state index is 0.131. The van der Waals surface area contributed by atoms with Crippen LogP contribution in [0.4, 0.5) is 0 Å². The third-order valence-electron chi connectivity index (χ3n) is 4.76. The van der Waals surface area contributed by atoms with E-state index >= 15 is 0 Å². The van der Waals surface area contributed by atoms with Crippen LogP contribution in [0.2, 0.25) is 0 Å². The number of ether oxygens (including phenoxy) is 1. The number of hydrogen-bond acceptors (Lipinski definition) is 4. The maximum atomic E-state index is 12.3. The van der Waals surface area contributed by atoms with E-state index < -0.39 is 11.9 Å². The normalized spacial score (nSPS) is 12.1. The number of amides is 1. The summed E-state index contributed by atoms with van der Waals surface area (Å²) in [5, 5.41) is 3.06. The lowest BCUT2D eigenvalue weighted by atomic mass is 10.0. The zero-order valence-electron chi connectivity index (χ0n) is 17.5. The van der Waals surface area contributed by atoms with Gasteiger partial charge >= 0.3 is 0 Å². The molecule has 0 aliphatic rings. The van der Waals surface area contributed by atoms with Gasteiger partial charge in [-0.15, -0.1) is 0 Å². The molecule has 0 spiro atoms. The second kappa shape index (κ2) is 10.8. The molecule has 158 valence electrons. The van der Waals surface area contributed by atoms with Crippen molar-refractivity contribution < 1.29 is 14.3 Å². The summed E-state index contributed by atoms with van der Waals surface area (Å²) in [6, 6.07) is 25.8. The van der Waals surface area contributed by atoms with E-state index in [1.807, 2.05) is 72.8 Å². The molecule has 0 radical (unpaired) electrons. The lowest BCUT2D eigenvalue weighted by Crippen LogP contribution is -2.42. The Morgan fingerprint density at radius 3 is 2.13 bits per heavy atom. The summed E-state index contributed by atoms with van der Waals surface area (Å²) in [4.78, 5) is 24.3. The molecule has 0 heterocycles. The van der Waals surface area contributed by atoms with Crippen LogP contribution < -0.4 is 15.8 Å². The summed E-state index contributed by atoms with van der Waals surface area (Å²) in [7, 11) is 0. The molecule has 3 aromatic carbocycles. The molecule has 3 rings (SSSR count). The number of hydrogen-bond donors (Lipinski definition) is 2. The van der Waals surface area contributed by atoms with Gasteiger partial charge in [0.15, 0.2) is 5.78 Å². The number of allylic oxidation sites excluding steroid dienone is 2. The number of ketones is 1. The SMILES string of the molecule is C/C(=C\C(=O)c1ccccc1)N[C@@H](Cc1ccc(OCc2ccccc2)cc1)C(N)=O. The van der Waals surface area contributed by atoms with Crippen LogP contribution in [0, 0.1) is 0 Å². The van der Waals surface area contributed by atoms with E-state index in [1.165, 1.54) is 6.08 Å². The summed E-state index contributed by atoms with van der Waals surface area (Å²) in [5.74, 6) is 0.138. The van der Waals surface area contributed by atoms with Gasteiger partial charge in [-0.25, -0.2) is 0 Å². The molecule has 3 aromatic rings. The maximum Gasteiger partial charge on any atom is 0.240 e. The average molecular weight is 415 g/mol. The van der Waals surface area contributed by atoms with Gasteiger partial charge in [0.05, 0.1) is 0 Å². The molecule has 0 fully saturated rings. The third kappa shape index (κ3) is 6.85. The molecule has 1 atom stereocenters. The van der Waals surface area contributed by atoms with Crippen LogP contribution in [0.15, 0.2) is 96.7 Å². The van der Waals surface area contributed by atoms with Crippen LogP contribution >= 0.6 is 0 Å². The largest absolute Gasteiger partial charge is 0.489 e. The second-order valence-electron chi connectivity index (χ2n) is 7.28. The Hall–Kier alpha value is -3.86. The van der Waals surface area contributed by atoms with Crippen LogP contribution in [0.1, 0.15) is 28.4 Å². The molecule has 5 heteroatoms. The molecule has 0 bridgehead atoms. The zero-order valence-corrected chi connectivity index (χ0v) is 17.5. The Labute approximate surface area is 182 Å². The Balaban J connectivity index is 1.58. The summed E-state index contributed by atoms with van der Waals surface area (Å²) in [6.45, 7) is 2.24. The van der Waals surface area contributed by atoms with Crippen molar-refractivity contribution in [3.63, 3.8) is 0 Å². The summed E-state index contributed by atoms with van der Waals surface area (Å²) >= 11 is 0. The van der Waals surface area contributed by atoms with Crippen molar-refractivity contribution >= 4 is 11.7 Å². The lowest BCUT2D eigenvalue weighted by molar-refractivity contribution is -0.119. The first-order chi connectivity index (χ1) is 15.0. The average Bonchev–Trinajstić information content (AvgIpc) is 2.79. The fourth-order valence-electron chi connectivity index (χ4n) is 3.12. The van der Waals surface area contributed by atoms with Gasteiger partial charge in [0, 0.05) is 23.8 Å². The molecule has 1 amide bonds. The highest BCUT2D eigenvalue weighted by atomic mass is 16.5. The number of carbonyl (C=O) groups excluding carboxylic acids is 2. The fourth-order valence-corrected chi connectivity index (χ4v) is 3.12. The molecule has 31 heavy (non-hydrogen) atoms. The molecule has 0 unspecified atom stereocenters.